The maximum absolute atomic E-state index is 14.2. The lowest BCUT2D eigenvalue weighted by atomic mass is 10.1. The average Bonchev–Trinajstić information content (AvgIpc) is 2.82. The number of nitrogens with one attached hydrogen (secondary N) is 1. The minimum atomic E-state index is -3.53. The standard InChI is InChI=1S/C13H10F2N2O4/c14-13(15,5-7-6-20-12(19)21-7)10-11(18)17-9-4-2-1-3-8(9)16-10/h1-4,7H,5-6H2,(H,17,18). The van der Waals surface area contributed by atoms with E-state index in [1.54, 1.807) is 18.2 Å². The Hall–Kier alpha value is -2.51. The molecule has 0 amide bonds. The number of hydrogen-bond donors (Lipinski definition) is 1. The first-order valence-electron chi connectivity index (χ1n) is 6.16. The van der Waals surface area contributed by atoms with Crippen LogP contribution < -0.4 is 5.56 Å². The number of halogens is 2. The van der Waals surface area contributed by atoms with Crippen LogP contribution in [0.5, 0.6) is 0 Å². The lowest BCUT2D eigenvalue weighted by molar-refractivity contribution is -0.0484. The normalized spacial score (nSPS) is 18.6. The third-order valence-electron chi connectivity index (χ3n) is 3.08. The molecule has 110 valence electrons. The molecule has 1 aromatic heterocycles. The van der Waals surface area contributed by atoms with Crippen molar-refractivity contribution >= 4 is 17.2 Å². The van der Waals surface area contributed by atoms with Crippen LogP contribution in [0.1, 0.15) is 12.1 Å². The van der Waals surface area contributed by atoms with Gasteiger partial charge in [-0.1, -0.05) is 12.1 Å². The number of cyclic esters (lactones) is 2. The maximum Gasteiger partial charge on any atom is 0.508 e. The van der Waals surface area contributed by atoms with Gasteiger partial charge in [-0.2, -0.15) is 8.78 Å². The summed E-state index contributed by atoms with van der Waals surface area (Å²) in [6.07, 6.45) is -2.94. The summed E-state index contributed by atoms with van der Waals surface area (Å²) in [5.74, 6) is -3.53. The van der Waals surface area contributed by atoms with E-state index in [1.165, 1.54) is 6.07 Å². The molecule has 0 radical (unpaired) electrons. The molecule has 1 aromatic carbocycles. The first kappa shape index (κ1) is 13.5. The zero-order valence-electron chi connectivity index (χ0n) is 10.6. The van der Waals surface area contributed by atoms with Gasteiger partial charge in [0.15, 0.2) is 5.69 Å². The van der Waals surface area contributed by atoms with E-state index in [1.807, 2.05) is 0 Å². The highest BCUT2D eigenvalue weighted by molar-refractivity contribution is 5.73. The summed E-state index contributed by atoms with van der Waals surface area (Å²) in [6, 6.07) is 6.37. The number of aromatic amines is 1. The Morgan fingerprint density at radius 1 is 1.33 bits per heavy atom. The largest absolute Gasteiger partial charge is 0.508 e. The maximum atomic E-state index is 14.2. The number of fused-ring (bicyclic) bond motifs is 1. The van der Waals surface area contributed by atoms with Crippen molar-refractivity contribution in [2.45, 2.75) is 18.4 Å². The Balaban J connectivity index is 1.96. The summed E-state index contributed by atoms with van der Waals surface area (Å²) in [5.41, 5.74) is -1.24. The van der Waals surface area contributed by atoms with Crippen LogP contribution in [0.4, 0.5) is 13.6 Å². The molecule has 3 rings (SSSR count). The highest BCUT2D eigenvalue weighted by atomic mass is 19.3. The zero-order valence-corrected chi connectivity index (χ0v) is 10.6. The molecule has 1 aliphatic heterocycles. The average molecular weight is 296 g/mol. The van der Waals surface area contributed by atoms with E-state index in [0.717, 1.165) is 0 Å². The fourth-order valence-electron chi connectivity index (χ4n) is 2.13. The molecule has 8 heteroatoms. The van der Waals surface area contributed by atoms with Crippen molar-refractivity contribution in [2.75, 3.05) is 6.61 Å². The van der Waals surface area contributed by atoms with E-state index >= 15 is 0 Å². The van der Waals surface area contributed by atoms with Gasteiger partial charge in [0, 0.05) is 0 Å². The molecule has 1 aliphatic rings. The van der Waals surface area contributed by atoms with Crippen molar-refractivity contribution in [3.8, 4) is 0 Å². The van der Waals surface area contributed by atoms with E-state index in [0.29, 0.717) is 5.52 Å². The molecule has 2 aromatic rings. The predicted octanol–water partition coefficient (Wildman–Crippen LogP) is 1.94. The molecule has 0 saturated carbocycles. The number of H-pyrrole nitrogens is 1. The number of alkyl halides is 2. The molecular formula is C13H10F2N2O4. The lowest BCUT2D eigenvalue weighted by Gasteiger charge is -2.17. The van der Waals surface area contributed by atoms with Gasteiger partial charge < -0.3 is 14.5 Å². The van der Waals surface area contributed by atoms with Gasteiger partial charge in [-0.15, -0.1) is 0 Å². The summed E-state index contributed by atoms with van der Waals surface area (Å²) in [4.78, 5) is 28.6. The highest BCUT2D eigenvalue weighted by Crippen LogP contribution is 2.32. The SMILES string of the molecule is O=C1OCC(CC(F)(F)c2nc3ccccc3[nH]c2=O)O1. The van der Waals surface area contributed by atoms with Crippen LogP contribution in [-0.4, -0.2) is 28.8 Å². The molecule has 1 atom stereocenters. The number of nitrogens with zero attached hydrogens (tertiary/aromatic N) is 1. The fraction of sp³-hybridized carbons (Fsp3) is 0.308. The first-order chi connectivity index (χ1) is 9.95. The summed E-state index contributed by atoms with van der Waals surface area (Å²) < 4.78 is 37.4. The molecule has 1 saturated heterocycles. The molecule has 21 heavy (non-hydrogen) atoms. The van der Waals surface area contributed by atoms with Crippen molar-refractivity contribution in [3.05, 3.63) is 40.3 Å². The Bertz CT molecular complexity index is 759. The van der Waals surface area contributed by atoms with E-state index in [9.17, 15) is 18.4 Å². The van der Waals surface area contributed by atoms with Crippen LogP contribution >= 0.6 is 0 Å². The molecule has 1 fully saturated rings. The summed E-state index contributed by atoms with van der Waals surface area (Å²) in [7, 11) is 0. The molecule has 6 nitrogen and oxygen atoms in total. The molecule has 0 bridgehead atoms. The number of ether oxygens (including phenoxy) is 2. The van der Waals surface area contributed by atoms with E-state index < -0.39 is 35.9 Å². The van der Waals surface area contributed by atoms with Crippen molar-refractivity contribution in [2.24, 2.45) is 0 Å². The summed E-state index contributed by atoms with van der Waals surface area (Å²) >= 11 is 0. The lowest BCUT2D eigenvalue weighted by Crippen LogP contribution is -2.31. The second kappa shape index (κ2) is 4.80. The molecule has 2 heterocycles. The third kappa shape index (κ3) is 2.56. The van der Waals surface area contributed by atoms with Gasteiger partial charge in [0.1, 0.15) is 12.7 Å². The molecule has 1 N–H and O–H groups in total. The van der Waals surface area contributed by atoms with Gasteiger partial charge in [0.05, 0.1) is 17.5 Å². The van der Waals surface area contributed by atoms with Gasteiger partial charge in [0.2, 0.25) is 0 Å². The van der Waals surface area contributed by atoms with Crippen molar-refractivity contribution in [1.82, 2.24) is 9.97 Å². The summed E-state index contributed by atoms with van der Waals surface area (Å²) in [6.45, 7) is -0.264. The van der Waals surface area contributed by atoms with Gasteiger partial charge in [0.25, 0.3) is 11.5 Å². The van der Waals surface area contributed by atoms with Crippen LogP contribution in [0.3, 0.4) is 0 Å². The fourth-order valence-corrected chi connectivity index (χ4v) is 2.13. The Morgan fingerprint density at radius 2 is 2.10 bits per heavy atom. The van der Waals surface area contributed by atoms with Crippen LogP contribution in [0.25, 0.3) is 11.0 Å². The molecule has 1 unspecified atom stereocenters. The third-order valence-corrected chi connectivity index (χ3v) is 3.08. The van der Waals surface area contributed by atoms with Gasteiger partial charge in [-0.3, -0.25) is 4.79 Å². The summed E-state index contributed by atoms with van der Waals surface area (Å²) in [5, 5.41) is 0. The van der Waals surface area contributed by atoms with Crippen molar-refractivity contribution in [3.63, 3.8) is 0 Å². The second-order valence-electron chi connectivity index (χ2n) is 4.64. The number of benzene rings is 1. The Morgan fingerprint density at radius 3 is 2.81 bits per heavy atom. The second-order valence-corrected chi connectivity index (χ2v) is 4.64. The number of carbonyl (C=O) groups is 1. The zero-order chi connectivity index (χ0) is 15.0. The monoisotopic (exact) mass is 296 g/mol. The van der Waals surface area contributed by atoms with Gasteiger partial charge in [-0.25, -0.2) is 9.78 Å². The smallest absolute Gasteiger partial charge is 0.430 e. The van der Waals surface area contributed by atoms with E-state index in [-0.39, 0.29) is 12.1 Å². The topological polar surface area (TPSA) is 81.3 Å². The molecule has 0 spiro atoms. The van der Waals surface area contributed by atoms with Crippen LogP contribution in [0.15, 0.2) is 29.1 Å². The minimum absolute atomic E-state index is 0.256. The van der Waals surface area contributed by atoms with E-state index in [2.05, 4.69) is 19.4 Å². The number of hydrogen-bond acceptors (Lipinski definition) is 5. The molecular weight excluding hydrogens is 286 g/mol. The number of aromatic nitrogens is 2. The Labute approximate surface area is 116 Å². The number of para-hydroxylation sites is 2. The highest BCUT2D eigenvalue weighted by Gasteiger charge is 2.42. The quantitative estimate of drug-likeness (QED) is 0.875. The number of rotatable bonds is 3. The Kier molecular flexibility index (Phi) is 3.08. The van der Waals surface area contributed by atoms with Crippen molar-refractivity contribution < 1.29 is 23.0 Å². The van der Waals surface area contributed by atoms with Crippen molar-refractivity contribution in [1.29, 1.82) is 0 Å². The minimum Gasteiger partial charge on any atom is -0.430 e. The van der Waals surface area contributed by atoms with Gasteiger partial charge >= 0.3 is 6.16 Å². The van der Waals surface area contributed by atoms with Crippen LogP contribution in [0.2, 0.25) is 0 Å². The number of carbonyl (C=O) groups excluding carboxylic acids is 1. The van der Waals surface area contributed by atoms with Crippen LogP contribution in [-0.2, 0) is 15.4 Å². The van der Waals surface area contributed by atoms with Gasteiger partial charge in [-0.05, 0) is 12.1 Å². The van der Waals surface area contributed by atoms with Crippen LogP contribution in [0, 0.1) is 0 Å². The molecule has 0 aliphatic carbocycles. The van der Waals surface area contributed by atoms with E-state index in [4.69, 9.17) is 0 Å². The first-order valence-corrected chi connectivity index (χ1v) is 6.16. The predicted molar refractivity (Wildman–Crippen MR) is 67.1 cm³/mol.